The largest absolute Gasteiger partial charge is 0.348 e. The summed E-state index contributed by atoms with van der Waals surface area (Å²) in [5.74, 6) is -0.235. The molecule has 2 heterocycles. The highest BCUT2D eigenvalue weighted by Gasteiger charge is 2.53. The number of ether oxygens (including phenoxy) is 2. The van der Waals surface area contributed by atoms with Gasteiger partial charge in [-0.2, -0.15) is 0 Å². The van der Waals surface area contributed by atoms with E-state index in [0.717, 1.165) is 36.8 Å². The highest BCUT2D eigenvalue weighted by molar-refractivity contribution is 6.00. The lowest BCUT2D eigenvalue weighted by Crippen LogP contribution is -2.48. The Bertz CT molecular complexity index is 594. The Kier molecular flexibility index (Phi) is 2.72. The van der Waals surface area contributed by atoms with Crippen LogP contribution in [0.15, 0.2) is 18.2 Å². The average Bonchev–Trinajstić information content (AvgIpc) is 3.02. The van der Waals surface area contributed by atoms with Crippen LogP contribution in [0.1, 0.15) is 47.2 Å². The number of hydrogen-bond donors (Lipinski definition) is 0. The third kappa shape index (κ3) is 1.72. The van der Waals surface area contributed by atoms with Gasteiger partial charge in [-0.05, 0) is 31.4 Å². The topological polar surface area (TPSA) is 38.8 Å². The van der Waals surface area contributed by atoms with E-state index in [9.17, 15) is 4.79 Å². The molecule has 0 bridgehead atoms. The normalized spacial score (nSPS) is 25.8. The van der Waals surface area contributed by atoms with Crippen molar-refractivity contribution in [2.75, 3.05) is 20.3 Å². The summed E-state index contributed by atoms with van der Waals surface area (Å²) < 4.78 is 11.7. The quantitative estimate of drug-likeness (QED) is 0.736. The van der Waals surface area contributed by atoms with Crippen molar-refractivity contribution in [1.82, 2.24) is 4.90 Å². The molecule has 4 rings (SSSR count). The van der Waals surface area contributed by atoms with Gasteiger partial charge in [-0.1, -0.05) is 17.7 Å². The Morgan fingerprint density at radius 1 is 1.10 bits per heavy atom. The standard InChI is InChI=1S/C17H21NO3/c1-12-3-4-14-13(11-12)15(19)18(2)16(14)5-7-17(8-6-16)20-9-10-21-17/h3-4,11H,5-10H2,1-2H3. The maximum absolute atomic E-state index is 12.6. The van der Waals surface area contributed by atoms with Crippen LogP contribution in [0.4, 0.5) is 0 Å². The van der Waals surface area contributed by atoms with Gasteiger partial charge in [0, 0.05) is 25.5 Å². The van der Waals surface area contributed by atoms with E-state index >= 15 is 0 Å². The minimum absolute atomic E-state index is 0.151. The van der Waals surface area contributed by atoms with Crippen LogP contribution in [0, 0.1) is 6.92 Å². The van der Waals surface area contributed by atoms with Crippen molar-refractivity contribution in [2.45, 2.75) is 43.9 Å². The predicted octanol–water partition coefficient (Wildman–Crippen LogP) is 2.59. The van der Waals surface area contributed by atoms with E-state index in [1.165, 1.54) is 5.56 Å². The molecule has 0 atom stereocenters. The zero-order valence-corrected chi connectivity index (χ0v) is 12.6. The van der Waals surface area contributed by atoms with E-state index in [1.807, 2.05) is 24.9 Å². The van der Waals surface area contributed by atoms with Gasteiger partial charge in [0.25, 0.3) is 5.91 Å². The molecule has 0 aromatic heterocycles. The van der Waals surface area contributed by atoms with Gasteiger partial charge in [0.05, 0.1) is 18.8 Å². The third-order valence-corrected chi connectivity index (χ3v) is 5.51. The van der Waals surface area contributed by atoms with E-state index in [-0.39, 0.29) is 17.2 Å². The molecule has 4 heteroatoms. The van der Waals surface area contributed by atoms with Crippen LogP contribution >= 0.6 is 0 Å². The lowest BCUT2D eigenvalue weighted by Gasteiger charge is -2.45. The second-order valence-corrected chi connectivity index (χ2v) is 6.55. The lowest BCUT2D eigenvalue weighted by molar-refractivity contribution is -0.191. The van der Waals surface area contributed by atoms with Gasteiger partial charge < -0.3 is 14.4 Å². The molecule has 1 aromatic carbocycles. The van der Waals surface area contributed by atoms with Crippen molar-refractivity contribution in [3.8, 4) is 0 Å². The van der Waals surface area contributed by atoms with Crippen LogP contribution in [0.25, 0.3) is 0 Å². The van der Waals surface area contributed by atoms with Crippen molar-refractivity contribution in [2.24, 2.45) is 0 Å². The van der Waals surface area contributed by atoms with Crippen LogP contribution in [-0.4, -0.2) is 36.9 Å². The van der Waals surface area contributed by atoms with Gasteiger partial charge in [0.15, 0.2) is 5.79 Å². The first-order valence-corrected chi connectivity index (χ1v) is 7.74. The number of aryl methyl sites for hydroxylation is 1. The highest BCUT2D eigenvalue weighted by Crippen LogP contribution is 2.51. The van der Waals surface area contributed by atoms with Crippen molar-refractivity contribution in [3.05, 3.63) is 34.9 Å². The summed E-state index contributed by atoms with van der Waals surface area (Å²) >= 11 is 0. The molecule has 2 aliphatic heterocycles. The highest BCUT2D eigenvalue weighted by atomic mass is 16.7. The van der Waals surface area contributed by atoms with Crippen molar-refractivity contribution >= 4 is 5.91 Å². The van der Waals surface area contributed by atoms with Crippen LogP contribution < -0.4 is 0 Å². The van der Waals surface area contributed by atoms with Gasteiger partial charge in [-0.15, -0.1) is 0 Å². The van der Waals surface area contributed by atoms with Crippen molar-refractivity contribution in [1.29, 1.82) is 0 Å². The van der Waals surface area contributed by atoms with Crippen LogP contribution in [0.2, 0.25) is 0 Å². The minimum atomic E-state index is -0.386. The molecule has 112 valence electrons. The molecule has 1 aliphatic carbocycles. The summed E-state index contributed by atoms with van der Waals surface area (Å²) in [6, 6.07) is 6.27. The summed E-state index contributed by atoms with van der Waals surface area (Å²) in [7, 11) is 1.94. The Labute approximate surface area is 125 Å². The molecular formula is C17H21NO3. The zero-order valence-electron chi connectivity index (χ0n) is 12.6. The molecule has 1 saturated carbocycles. The molecule has 2 fully saturated rings. The maximum atomic E-state index is 12.6. The number of amides is 1. The Morgan fingerprint density at radius 3 is 2.43 bits per heavy atom. The number of carbonyl (C=O) groups excluding carboxylic acids is 1. The molecule has 1 amide bonds. The first-order chi connectivity index (χ1) is 10.1. The monoisotopic (exact) mass is 287 g/mol. The molecule has 1 saturated heterocycles. The third-order valence-electron chi connectivity index (χ3n) is 5.51. The molecular weight excluding hydrogens is 266 g/mol. The first-order valence-electron chi connectivity index (χ1n) is 7.74. The van der Waals surface area contributed by atoms with Gasteiger partial charge in [0.1, 0.15) is 0 Å². The molecule has 21 heavy (non-hydrogen) atoms. The summed E-state index contributed by atoms with van der Waals surface area (Å²) in [6.45, 7) is 3.42. The molecule has 2 spiro atoms. The predicted molar refractivity (Wildman–Crippen MR) is 78.1 cm³/mol. The van der Waals surface area contributed by atoms with E-state index in [1.54, 1.807) is 0 Å². The molecule has 0 unspecified atom stereocenters. The van der Waals surface area contributed by atoms with E-state index in [0.29, 0.717) is 13.2 Å². The fourth-order valence-corrected chi connectivity index (χ4v) is 4.23. The molecule has 0 N–H and O–H groups in total. The number of nitrogens with zero attached hydrogens (tertiary/aromatic N) is 1. The number of rotatable bonds is 0. The Morgan fingerprint density at radius 2 is 1.76 bits per heavy atom. The van der Waals surface area contributed by atoms with Gasteiger partial charge in [-0.25, -0.2) is 0 Å². The zero-order chi connectivity index (χ0) is 14.7. The van der Waals surface area contributed by atoms with Gasteiger partial charge in [-0.3, -0.25) is 4.79 Å². The number of fused-ring (bicyclic) bond motifs is 2. The summed E-state index contributed by atoms with van der Waals surface area (Å²) in [5.41, 5.74) is 3.04. The van der Waals surface area contributed by atoms with Gasteiger partial charge in [0.2, 0.25) is 0 Å². The smallest absolute Gasteiger partial charge is 0.254 e. The molecule has 4 nitrogen and oxygen atoms in total. The Balaban J connectivity index is 1.71. The first kappa shape index (κ1) is 13.3. The van der Waals surface area contributed by atoms with Crippen LogP contribution in [0.5, 0.6) is 0 Å². The van der Waals surface area contributed by atoms with E-state index < -0.39 is 0 Å². The number of benzene rings is 1. The van der Waals surface area contributed by atoms with E-state index in [2.05, 4.69) is 12.1 Å². The van der Waals surface area contributed by atoms with Crippen LogP contribution in [0.3, 0.4) is 0 Å². The average molecular weight is 287 g/mol. The summed E-state index contributed by atoms with van der Waals surface area (Å²) in [6.07, 6.45) is 3.53. The lowest BCUT2D eigenvalue weighted by atomic mass is 9.74. The maximum Gasteiger partial charge on any atom is 0.254 e. The Hall–Kier alpha value is -1.39. The summed E-state index contributed by atoms with van der Waals surface area (Å²) in [5, 5.41) is 0. The number of hydrogen-bond acceptors (Lipinski definition) is 3. The number of carbonyl (C=O) groups is 1. The molecule has 3 aliphatic rings. The fourth-order valence-electron chi connectivity index (χ4n) is 4.23. The van der Waals surface area contributed by atoms with Crippen molar-refractivity contribution in [3.63, 3.8) is 0 Å². The van der Waals surface area contributed by atoms with E-state index in [4.69, 9.17) is 9.47 Å². The van der Waals surface area contributed by atoms with Crippen molar-refractivity contribution < 1.29 is 14.3 Å². The fraction of sp³-hybridized carbons (Fsp3) is 0.588. The second kappa shape index (κ2) is 4.31. The van der Waals surface area contributed by atoms with Gasteiger partial charge >= 0.3 is 0 Å². The second-order valence-electron chi connectivity index (χ2n) is 6.55. The minimum Gasteiger partial charge on any atom is -0.348 e. The molecule has 0 radical (unpaired) electrons. The summed E-state index contributed by atoms with van der Waals surface area (Å²) in [4.78, 5) is 14.5. The molecule has 1 aromatic rings. The van der Waals surface area contributed by atoms with Crippen LogP contribution in [-0.2, 0) is 15.0 Å². The SMILES string of the molecule is Cc1ccc2c(c1)C(=O)N(C)C21CCC2(CC1)OCCO2.